The highest BCUT2D eigenvalue weighted by Crippen LogP contribution is 2.33. The van der Waals surface area contributed by atoms with E-state index >= 15 is 0 Å². The predicted molar refractivity (Wildman–Crippen MR) is 135 cm³/mol. The van der Waals surface area contributed by atoms with Gasteiger partial charge >= 0.3 is 6.03 Å². The van der Waals surface area contributed by atoms with E-state index in [1.807, 2.05) is 24.3 Å². The van der Waals surface area contributed by atoms with Gasteiger partial charge in [0.2, 0.25) is 0 Å². The van der Waals surface area contributed by atoms with Gasteiger partial charge in [0.05, 0.1) is 5.56 Å². The first-order chi connectivity index (χ1) is 16.5. The fourth-order valence-electron chi connectivity index (χ4n) is 3.99. The molecule has 5 N–H and O–H groups in total. The van der Waals surface area contributed by atoms with Crippen LogP contribution < -0.4 is 26.7 Å². The zero-order valence-electron chi connectivity index (χ0n) is 18.7. The van der Waals surface area contributed by atoms with Gasteiger partial charge in [0.1, 0.15) is 12.4 Å². The number of primary amides is 1. The van der Waals surface area contributed by atoms with E-state index in [0.29, 0.717) is 42.6 Å². The van der Waals surface area contributed by atoms with E-state index in [-0.39, 0.29) is 5.56 Å². The second-order valence-corrected chi connectivity index (χ2v) is 8.57. The summed E-state index contributed by atoms with van der Waals surface area (Å²) < 4.78 is 6.04. The lowest BCUT2D eigenvalue weighted by molar-refractivity contribution is 0.249. The number of urea groups is 1. The number of nitrogens with one attached hydrogen (secondary N) is 3. The molecule has 3 aromatic rings. The summed E-state index contributed by atoms with van der Waals surface area (Å²) in [4.78, 5) is 26.2. The topological polar surface area (TPSA) is 109 Å². The second-order valence-electron chi connectivity index (χ2n) is 8.13. The van der Waals surface area contributed by atoms with Crippen molar-refractivity contribution in [2.45, 2.75) is 26.0 Å². The van der Waals surface area contributed by atoms with E-state index in [1.165, 1.54) is 11.1 Å². The van der Waals surface area contributed by atoms with Crippen molar-refractivity contribution >= 4 is 29.3 Å². The first-order valence-corrected chi connectivity index (χ1v) is 11.5. The quantitative estimate of drug-likeness (QED) is 0.350. The summed E-state index contributed by atoms with van der Waals surface area (Å²) in [5.41, 5.74) is 10.9. The zero-order valence-corrected chi connectivity index (χ0v) is 19.5. The number of halogens is 1. The van der Waals surface area contributed by atoms with Crippen LogP contribution in [0.1, 0.15) is 34.2 Å². The summed E-state index contributed by atoms with van der Waals surface area (Å²) in [6.07, 6.45) is 5.27. The number of aromatic nitrogens is 1. The lowest BCUT2D eigenvalue weighted by Gasteiger charge is -2.19. The number of aryl methyl sites for hydroxylation is 1. The van der Waals surface area contributed by atoms with E-state index in [9.17, 15) is 9.59 Å². The molecule has 0 bridgehead atoms. The van der Waals surface area contributed by atoms with E-state index in [2.05, 4.69) is 39.9 Å². The van der Waals surface area contributed by atoms with Gasteiger partial charge in [-0.05, 0) is 58.9 Å². The first-order valence-electron chi connectivity index (χ1n) is 11.2. The van der Waals surface area contributed by atoms with Crippen molar-refractivity contribution < 1.29 is 9.53 Å². The monoisotopic (exact) mass is 478 g/mol. The number of benzene rings is 2. The lowest BCUT2D eigenvalue weighted by Crippen LogP contribution is -2.35. The van der Waals surface area contributed by atoms with Crippen LogP contribution in [0.25, 0.3) is 11.6 Å². The summed E-state index contributed by atoms with van der Waals surface area (Å²) >= 11 is 5.96. The van der Waals surface area contributed by atoms with Crippen LogP contribution in [-0.4, -0.2) is 24.1 Å². The fourth-order valence-corrected chi connectivity index (χ4v) is 4.11. The smallest absolute Gasteiger partial charge is 0.312 e. The number of rotatable bonds is 9. The van der Waals surface area contributed by atoms with E-state index in [4.69, 9.17) is 22.1 Å². The molecule has 0 aliphatic heterocycles. The lowest BCUT2D eigenvalue weighted by atomic mass is 9.88. The average molecular weight is 479 g/mol. The summed E-state index contributed by atoms with van der Waals surface area (Å²) in [6, 6.07) is 15.1. The zero-order chi connectivity index (χ0) is 23.9. The molecule has 7 nitrogen and oxygen atoms in total. The molecular formula is C26H27ClN4O3. The van der Waals surface area contributed by atoms with E-state index in [0.717, 1.165) is 29.5 Å². The number of H-pyrrole nitrogens is 1. The van der Waals surface area contributed by atoms with Gasteiger partial charge in [-0.1, -0.05) is 48.0 Å². The van der Waals surface area contributed by atoms with Crippen LogP contribution in [0, 0.1) is 0 Å². The molecule has 0 fully saturated rings. The molecule has 1 aliphatic carbocycles. The molecule has 1 heterocycles. The molecule has 176 valence electrons. The van der Waals surface area contributed by atoms with E-state index < -0.39 is 6.03 Å². The highest BCUT2D eigenvalue weighted by molar-refractivity contribution is 6.30. The van der Waals surface area contributed by atoms with Crippen LogP contribution in [0.3, 0.4) is 0 Å². The van der Waals surface area contributed by atoms with Crippen molar-refractivity contribution in [3.63, 3.8) is 0 Å². The summed E-state index contributed by atoms with van der Waals surface area (Å²) in [6.45, 7) is 2.17. The Labute approximate surface area is 203 Å². The number of hydrogen-bond donors (Lipinski definition) is 4. The maximum atomic E-state index is 12.7. The highest BCUT2D eigenvalue weighted by atomic mass is 35.5. The number of hydrogen-bond acceptors (Lipinski definition) is 4. The highest BCUT2D eigenvalue weighted by Gasteiger charge is 2.18. The molecule has 0 saturated heterocycles. The Balaban J connectivity index is 1.47. The van der Waals surface area contributed by atoms with Crippen LogP contribution in [0.4, 0.5) is 4.79 Å². The standard InChI is InChI=1S/C26H27ClN4O3/c27-22-7-2-17(3-8-22)16-34-23-9-10-30-25(32)24(23)21-6-5-19-13-18(1-4-20(19)14-21)15-29-11-12-31-26(28)33/h1-4,7-10,13-14,29H,5-6,11-12,15-16H2,(H,30,32)(H3,28,31,33). The van der Waals surface area contributed by atoms with Gasteiger partial charge in [-0.3, -0.25) is 4.79 Å². The molecule has 8 heteroatoms. The number of ether oxygens (including phenoxy) is 1. The molecule has 2 amide bonds. The van der Waals surface area contributed by atoms with Crippen molar-refractivity contribution in [1.82, 2.24) is 15.6 Å². The Hall–Kier alpha value is -3.55. The fraction of sp³-hybridized carbons (Fsp3) is 0.231. The number of allylic oxidation sites excluding steroid dienone is 1. The maximum Gasteiger partial charge on any atom is 0.312 e. The van der Waals surface area contributed by atoms with Crippen molar-refractivity contribution in [3.8, 4) is 5.75 Å². The molecule has 34 heavy (non-hydrogen) atoms. The molecule has 0 saturated carbocycles. The number of pyridine rings is 1. The van der Waals surface area contributed by atoms with Crippen molar-refractivity contribution in [1.29, 1.82) is 0 Å². The molecular weight excluding hydrogens is 452 g/mol. The van der Waals surface area contributed by atoms with Gasteiger partial charge in [0.15, 0.2) is 0 Å². The maximum absolute atomic E-state index is 12.7. The second kappa shape index (κ2) is 11.0. The van der Waals surface area contributed by atoms with Gasteiger partial charge < -0.3 is 26.1 Å². The summed E-state index contributed by atoms with van der Waals surface area (Å²) in [7, 11) is 0. The average Bonchev–Trinajstić information content (AvgIpc) is 2.83. The Morgan fingerprint density at radius 1 is 1.06 bits per heavy atom. The van der Waals surface area contributed by atoms with Crippen LogP contribution in [0.5, 0.6) is 5.75 Å². The number of carbonyl (C=O) groups excluding carboxylic acids is 1. The predicted octanol–water partition coefficient (Wildman–Crippen LogP) is 3.85. The molecule has 0 spiro atoms. The van der Waals surface area contributed by atoms with Crippen molar-refractivity contribution in [2.24, 2.45) is 5.73 Å². The normalized spacial score (nSPS) is 12.6. The summed E-state index contributed by atoms with van der Waals surface area (Å²) in [5, 5.41) is 6.52. The van der Waals surface area contributed by atoms with Gasteiger partial charge in [-0.15, -0.1) is 0 Å². The first kappa shape index (κ1) is 23.6. The Morgan fingerprint density at radius 3 is 2.65 bits per heavy atom. The number of carbonyl (C=O) groups is 1. The Kier molecular flexibility index (Phi) is 7.67. The third-order valence-electron chi connectivity index (χ3n) is 5.68. The minimum atomic E-state index is -0.519. The largest absolute Gasteiger partial charge is 0.488 e. The number of fused-ring (bicyclic) bond motifs is 1. The van der Waals surface area contributed by atoms with Crippen LogP contribution in [0.2, 0.25) is 5.02 Å². The number of nitrogens with two attached hydrogens (primary N) is 1. The Morgan fingerprint density at radius 2 is 1.85 bits per heavy atom. The van der Waals surface area contributed by atoms with Gasteiger partial charge in [0, 0.05) is 30.9 Å². The summed E-state index contributed by atoms with van der Waals surface area (Å²) in [5.74, 6) is 0.568. The molecule has 1 aliphatic rings. The van der Waals surface area contributed by atoms with Crippen LogP contribution >= 0.6 is 11.6 Å². The SMILES string of the molecule is NC(=O)NCCNCc1ccc2c(c1)CCC(c1c(OCc3ccc(Cl)cc3)cc[nH]c1=O)=C2. The third-order valence-corrected chi connectivity index (χ3v) is 5.93. The minimum Gasteiger partial charge on any atom is -0.488 e. The molecule has 4 rings (SSSR count). The molecule has 2 aromatic carbocycles. The number of amides is 2. The third kappa shape index (κ3) is 6.07. The number of aromatic amines is 1. The van der Waals surface area contributed by atoms with Crippen molar-refractivity contribution in [2.75, 3.05) is 13.1 Å². The van der Waals surface area contributed by atoms with Gasteiger partial charge in [-0.25, -0.2) is 4.79 Å². The van der Waals surface area contributed by atoms with Crippen LogP contribution in [-0.2, 0) is 19.6 Å². The van der Waals surface area contributed by atoms with Gasteiger partial charge in [0.25, 0.3) is 5.56 Å². The Bertz CT molecular complexity index is 1250. The van der Waals surface area contributed by atoms with Crippen LogP contribution in [0.15, 0.2) is 59.5 Å². The van der Waals surface area contributed by atoms with E-state index in [1.54, 1.807) is 12.3 Å². The molecule has 0 atom stereocenters. The minimum absolute atomic E-state index is 0.159. The van der Waals surface area contributed by atoms with Gasteiger partial charge in [-0.2, -0.15) is 0 Å². The molecule has 0 unspecified atom stereocenters. The molecule has 1 aromatic heterocycles. The van der Waals surface area contributed by atoms with Crippen molar-refractivity contribution in [3.05, 3.63) is 97.9 Å². The molecule has 0 radical (unpaired) electrons.